The summed E-state index contributed by atoms with van der Waals surface area (Å²) in [5.41, 5.74) is 0. The van der Waals surface area contributed by atoms with Gasteiger partial charge < -0.3 is 15.0 Å². The highest BCUT2D eigenvalue weighted by atomic mass is 16.5. The van der Waals surface area contributed by atoms with E-state index in [4.69, 9.17) is 4.74 Å². The number of nitrogens with zero attached hydrogens (tertiary/aromatic N) is 2. The standard InChI is InChI=1S/C17H29N3O2/c21-17(18-7-6-14-4-3-9-22-14)20-11-13-10-19-8-2-1-5-16(19)15(13)12-20/h13-16H,1-12H2,(H,18,21)/t13-,14-,15-,16-/m1/s1. The zero-order valence-electron chi connectivity index (χ0n) is 13.5. The van der Waals surface area contributed by atoms with Crippen molar-refractivity contribution in [1.29, 1.82) is 0 Å². The predicted molar refractivity (Wildman–Crippen MR) is 84.8 cm³/mol. The molecule has 2 amide bonds. The zero-order valence-corrected chi connectivity index (χ0v) is 13.5. The largest absolute Gasteiger partial charge is 0.378 e. The molecule has 0 spiro atoms. The van der Waals surface area contributed by atoms with Crippen LogP contribution < -0.4 is 5.32 Å². The molecule has 5 heteroatoms. The number of urea groups is 1. The Morgan fingerprint density at radius 1 is 1.14 bits per heavy atom. The van der Waals surface area contributed by atoms with Crippen LogP contribution in [0.15, 0.2) is 0 Å². The molecule has 5 nitrogen and oxygen atoms in total. The molecule has 0 radical (unpaired) electrons. The van der Waals surface area contributed by atoms with E-state index in [1.165, 1.54) is 38.8 Å². The van der Waals surface area contributed by atoms with Crippen LogP contribution in [0.3, 0.4) is 0 Å². The molecular formula is C17H29N3O2. The van der Waals surface area contributed by atoms with Crippen molar-refractivity contribution in [3.63, 3.8) is 0 Å². The van der Waals surface area contributed by atoms with E-state index in [1.807, 2.05) is 0 Å². The van der Waals surface area contributed by atoms with Gasteiger partial charge in [-0.2, -0.15) is 0 Å². The average molecular weight is 307 g/mol. The minimum Gasteiger partial charge on any atom is -0.378 e. The molecule has 124 valence electrons. The summed E-state index contributed by atoms with van der Waals surface area (Å²) in [6.07, 6.45) is 7.74. The van der Waals surface area contributed by atoms with Gasteiger partial charge in [0, 0.05) is 38.8 Å². The Morgan fingerprint density at radius 2 is 2.09 bits per heavy atom. The number of fused-ring (bicyclic) bond motifs is 3. The summed E-state index contributed by atoms with van der Waals surface area (Å²) in [4.78, 5) is 17.1. The lowest BCUT2D eigenvalue weighted by molar-refractivity contribution is 0.104. The molecule has 4 atom stereocenters. The predicted octanol–water partition coefficient (Wildman–Crippen LogP) is 1.68. The van der Waals surface area contributed by atoms with Crippen molar-refractivity contribution in [2.24, 2.45) is 11.8 Å². The molecule has 0 aromatic carbocycles. The molecule has 0 aromatic rings. The van der Waals surface area contributed by atoms with Crippen molar-refractivity contribution in [2.75, 3.05) is 39.3 Å². The van der Waals surface area contributed by atoms with E-state index < -0.39 is 0 Å². The van der Waals surface area contributed by atoms with E-state index in [1.54, 1.807) is 0 Å². The summed E-state index contributed by atoms with van der Waals surface area (Å²) in [5.74, 6) is 1.44. The van der Waals surface area contributed by atoms with Gasteiger partial charge in [-0.1, -0.05) is 6.42 Å². The highest BCUT2D eigenvalue weighted by Gasteiger charge is 2.48. The van der Waals surface area contributed by atoms with Crippen molar-refractivity contribution < 1.29 is 9.53 Å². The number of hydrogen-bond donors (Lipinski definition) is 1. The molecule has 4 aliphatic rings. The van der Waals surface area contributed by atoms with E-state index >= 15 is 0 Å². The first-order valence-electron chi connectivity index (χ1n) is 9.19. The number of amides is 2. The summed E-state index contributed by atoms with van der Waals surface area (Å²) >= 11 is 0. The molecule has 4 rings (SSSR count). The van der Waals surface area contributed by atoms with E-state index in [9.17, 15) is 4.79 Å². The van der Waals surface area contributed by atoms with Gasteiger partial charge >= 0.3 is 6.03 Å². The Morgan fingerprint density at radius 3 is 2.95 bits per heavy atom. The minimum absolute atomic E-state index is 0.148. The smallest absolute Gasteiger partial charge is 0.317 e. The number of hydrogen-bond acceptors (Lipinski definition) is 3. The Kier molecular flexibility index (Phi) is 4.27. The fourth-order valence-electron chi connectivity index (χ4n) is 5.04. The molecule has 4 fully saturated rings. The Labute approximate surface area is 133 Å². The van der Waals surface area contributed by atoms with E-state index in [0.717, 1.165) is 51.0 Å². The highest BCUT2D eigenvalue weighted by molar-refractivity contribution is 5.74. The van der Waals surface area contributed by atoms with Gasteiger partial charge in [0.15, 0.2) is 0 Å². The van der Waals surface area contributed by atoms with Crippen molar-refractivity contribution >= 4 is 6.03 Å². The number of carbonyl (C=O) groups excluding carboxylic acids is 1. The minimum atomic E-state index is 0.148. The van der Waals surface area contributed by atoms with Crippen molar-refractivity contribution in [1.82, 2.24) is 15.1 Å². The van der Waals surface area contributed by atoms with Crippen LogP contribution in [0.2, 0.25) is 0 Å². The molecule has 4 aliphatic heterocycles. The van der Waals surface area contributed by atoms with E-state index in [0.29, 0.717) is 12.0 Å². The van der Waals surface area contributed by atoms with E-state index in [-0.39, 0.29) is 6.03 Å². The molecule has 4 heterocycles. The lowest BCUT2D eigenvalue weighted by Gasteiger charge is -2.33. The van der Waals surface area contributed by atoms with Gasteiger partial charge in [0.2, 0.25) is 0 Å². The fourth-order valence-corrected chi connectivity index (χ4v) is 5.04. The van der Waals surface area contributed by atoms with Crippen LogP contribution in [-0.2, 0) is 4.74 Å². The molecule has 1 N–H and O–H groups in total. The average Bonchev–Trinajstić information content (AvgIpc) is 3.22. The van der Waals surface area contributed by atoms with Gasteiger partial charge in [-0.05, 0) is 50.5 Å². The van der Waals surface area contributed by atoms with Crippen LogP contribution in [0, 0.1) is 11.8 Å². The molecule has 4 saturated heterocycles. The van der Waals surface area contributed by atoms with Crippen LogP contribution >= 0.6 is 0 Å². The van der Waals surface area contributed by atoms with Gasteiger partial charge in [0.1, 0.15) is 0 Å². The molecular weight excluding hydrogens is 278 g/mol. The van der Waals surface area contributed by atoms with Crippen LogP contribution in [0.1, 0.15) is 38.5 Å². The number of piperidine rings is 1. The first-order chi connectivity index (χ1) is 10.8. The van der Waals surface area contributed by atoms with Gasteiger partial charge in [-0.3, -0.25) is 4.90 Å². The number of likely N-dealkylation sites (tertiary alicyclic amines) is 1. The summed E-state index contributed by atoms with van der Waals surface area (Å²) in [7, 11) is 0. The maximum atomic E-state index is 12.4. The Bertz CT molecular complexity index is 411. The van der Waals surface area contributed by atoms with Gasteiger partial charge in [0.25, 0.3) is 0 Å². The molecule has 0 unspecified atom stereocenters. The summed E-state index contributed by atoms with van der Waals surface area (Å²) in [6.45, 7) is 6.08. The van der Waals surface area contributed by atoms with Gasteiger partial charge in [-0.25, -0.2) is 4.79 Å². The second-order valence-corrected chi connectivity index (χ2v) is 7.54. The maximum Gasteiger partial charge on any atom is 0.317 e. The monoisotopic (exact) mass is 307 g/mol. The van der Waals surface area contributed by atoms with E-state index in [2.05, 4.69) is 15.1 Å². The fraction of sp³-hybridized carbons (Fsp3) is 0.941. The quantitative estimate of drug-likeness (QED) is 0.863. The van der Waals surface area contributed by atoms with Crippen molar-refractivity contribution in [3.8, 4) is 0 Å². The van der Waals surface area contributed by atoms with Gasteiger partial charge in [0.05, 0.1) is 6.10 Å². The molecule has 0 aliphatic carbocycles. The number of ether oxygens (including phenoxy) is 1. The number of carbonyl (C=O) groups is 1. The summed E-state index contributed by atoms with van der Waals surface area (Å²) < 4.78 is 5.61. The third-order valence-corrected chi connectivity index (χ3v) is 6.17. The number of nitrogens with one attached hydrogen (secondary N) is 1. The highest BCUT2D eigenvalue weighted by Crippen LogP contribution is 2.40. The third-order valence-electron chi connectivity index (χ3n) is 6.17. The Balaban J connectivity index is 1.23. The SMILES string of the molecule is O=C(NCC[C@H]1CCCO1)N1C[C@H]2CN3CCCC[C@@H]3[C@@H]2C1. The molecule has 0 aromatic heterocycles. The lowest BCUT2D eigenvalue weighted by Crippen LogP contribution is -2.44. The van der Waals surface area contributed by atoms with Crippen LogP contribution in [0.5, 0.6) is 0 Å². The normalized spacial score (nSPS) is 38.1. The van der Waals surface area contributed by atoms with Crippen LogP contribution in [0.4, 0.5) is 4.79 Å². The maximum absolute atomic E-state index is 12.4. The molecule has 22 heavy (non-hydrogen) atoms. The summed E-state index contributed by atoms with van der Waals surface area (Å²) in [5, 5.41) is 3.11. The second-order valence-electron chi connectivity index (χ2n) is 7.54. The molecule has 0 saturated carbocycles. The van der Waals surface area contributed by atoms with Gasteiger partial charge in [-0.15, -0.1) is 0 Å². The van der Waals surface area contributed by atoms with Crippen molar-refractivity contribution in [2.45, 2.75) is 50.7 Å². The lowest BCUT2D eigenvalue weighted by atomic mass is 9.90. The number of rotatable bonds is 3. The summed E-state index contributed by atoms with van der Waals surface area (Å²) in [6, 6.07) is 0.901. The Hall–Kier alpha value is -0.810. The zero-order chi connectivity index (χ0) is 14.9. The molecule has 0 bridgehead atoms. The van der Waals surface area contributed by atoms with Crippen molar-refractivity contribution in [3.05, 3.63) is 0 Å². The third kappa shape index (κ3) is 2.85. The topological polar surface area (TPSA) is 44.8 Å². The van der Waals surface area contributed by atoms with Crippen LogP contribution in [-0.4, -0.2) is 67.3 Å². The second kappa shape index (κ2) is 6.36. The first-order valence-corrected chi connectivity index (χ1v) is 9.19. The first kappa shape index (κ1) is 14.8. The van der Waals surface area contributed by atoms with Crippen LogP contribution in [0.25, 0.3) is 0 Å².